The van der Waals surface area contributed by atoms with E-state index in [4.69, 9.17) is 4.74 Å². The summed E-state index contributed by atoms with van der Waals surface area (Å²) < 4.78 is 5.90. The molecule has 0 bridgehead atoms. The molecule has 2 atom stereocenters. The summed E-state index contributed by atoms with van der Waals surface area (Å²) in [7, 11) is 0. The molecule has 0 spiro atoms. The van der Waals surface area contributed by atoms with Gasteiger partial charge in [0.1, 0.15) is 5.82 Å². The number of urea groups is 1. The molecule has 146 valence electrons. The maximum absolute atomic E-state index is 11.8. The van der Waals surface area contributed by atoms with Gasteiger partial charge >= 0.3 is 6.03 Å². The molecule has 1 aromatic heterocycles. The summed E-state index contributed by atoms with van der Waals surface area (Å²) in [6.07, 6.45) is 5.30. The standard InChI is InChI=1S/C21H30N4O2/c1-16-6-2-5-9-19(16)27-15-14-24-21(26)23-13-12-22-20-11-10-17-7-3-4-8-18(17)25-20/h3-4,7-8,10-11,16,19H,2,5-6,9,12-15H2,1H3,(H,22,25)(H2,23,24,26). The highest BCUT2D eigenvalue weighted by molar-refractivity contribution is 5.80. The van der Waals surface area contributed by atoms with E-state index in [1.54, 1.807) is 0 Å². The predicted octanol–water partition coefficient (Wildman–Crippen LogP) is 3.54. The Hall–Kier alpha value is -2.34. The van der Waals surface area contributed by atoms with Crippen molar-refractivity contribution in [1.29, 1.82) is 0 Å². The summed E-state index contributed by atoms with van der Waals surface area (Å²) in [5, 5.41) is 10.0. The molecule has 27 heavy (non-hydrogen) atoms. The van der Waals surface area contributed by atoms with Gasteiger partial charge < -0.3 is 20.7 Å². The molecule has 0 aliphatic heterocycles. The highest BCUT2D eigenvalue weighted by atomic mass is 16.5. The van der Waals surface area contributed by atoms with E-state index < -0.39 is 0 Å². The monoisotopic (exact) mass is 370 g/mol. The van der Waals surface area contributed by atoms with Crippen LogP contribution < -0.4 is 16.0 Å². The van der Waals surface area contributed by atoms with Crippen LogP contribution >= 0.6 is 0 Å². The highest BCUT2D eigenvalue weighted by Gasteiger charge is 2.21. The molecule has 3 N–H and O–H groups in total. The number of carbonyl (C=O) groups is 1. The lowest BCUT2D eigenvalue weighted by Gasteiger charge is -2.28. The van der Waals surface area contributed by atoms with Gasteiger partial charge in [0.05, 0.1) is 18.2 Å². The van der Waals surface area contributed by atoms with Crippen molar-refractivity contribution in [2.24, 2.45) is 5.92 Å². The number of rotatable bonds is 8. The molecule has 6 heteroatoms. The molecule has 1 heterocycles. The van der Waals surface area contributed by atoms with Gasteiger partial charge in [-0.3, -0.25) is 0 Å². The lowest BCUT2D eigenvalue weighted by molar-refractivity contribution is -0.00242. The number of fused-ring (bicyclic) bond motifs is 1. The fourth-order valence-corrected chi connectivity index (χ4v) is 3.50. The average Bonchev–Trinajstić information content (AvgIpc) is 2.70. The predicted molar refractivity (Wildman–Crippen MR) is 109 cm³/mol. The number of anilines is 1. The van der Waals surface area contributed by atoms with E-state index in [2.05, 4.69) is 27.9 Å². The second kappa shape index (κ2) is 10.1. The smallest absolute Gasteiger partial charge is 0.314 e. The summed E-state index contributed by atoms with van der Waals surface area (Å²) in [6, 6.07) is 11.8. The first-order chi connectivity index (χ1) is 13.2. The van der Waals surface area contributed by atoms with Crippen molar-refractivity contribution in [3.8, 4) is 0 Å². The van der Waals surface area contributed by atoms with Gasteiger partial charge in [0.25, 0.3) is 0 Å². The van der Waals surface area contributed by atoms with Crippen LogP contribution in [0.3, 0.4) is 0 Å². The largest absolute Gasteiger partial charge is 0.376 e. The van der Waals surface area contributed by atoms with Crippen molar-refractivity contribution in [3.05, 3.63) is 36.4 Å². The molecule has 3 rings (SSSR count). The third-order valence-electron chi connectivity index (χ3n) is 5.07. The normalized spacial score (nSPS) is 19.6. The maximum atomic E-state index is 11.8. The number of benzene rings is 1. The Balaban J connectivity index is 1.27. The number of hydrogen-bond donors (Lipinski definition) is 3. The molecule has 0 radical (unpaired) electrons. The first-order valence-corrected chi connectivity index (χ1v) is 9.95. The number of para-hydroxylation sites is 1. The molecule has 1 aliphatic rings. The number of nitrogens with one attached hydrogen (secondary N) is 3. The molecular formula is C21H30N4O2. The van der Waals surface area contributed by atoms with Gasteiger partial charge in [-0.2, -0.15) is 0 Å². The summed E-state index contributed by atoms with van der Waals surface area (Å²) in [5.74, 6) is 1.44. The van der Waals surface area contributed by atoms with Gasteiger partial charge in [-0.15, -0.1) is 0 Å². The van der Waals surface area contributed by atoms with Crippen LogP contribution in [-0.2, 0) is 4.74 Å². The fraction of sp³-hybridized carbons (Fsp3) is 0.524. The summed E-state index contributed by atoms with van der Waals surface area (Å²) in [5.41, 5.74) is 0.959. The van der Waals surface area contributed by atoms with Crippen LogP contribution in [0.2, 0.25) is 0 Å². The second-order valence-electron chi connectivity index (χ2n) is 7.17. The van der Waals surface area contributed by atoms with Crippen molar-refractivity contribution in [2.75, 3.05) is 31.6 Å². The lowest BCUT2D eigenvalue weighted by Crippen LogP contribution is -2.40. The zero-order chi connectivity index (χ0) is 18.9. The zero-order valence-electron chi connectivity index (χ0n) is 16.0. The van der Waals surface area contributed by atoms with Crippen molar-refractivity contribution in [1.82, 2.24) is 15.6 Å². The van der Waals surface area contributed by atoms with E-state index >= 15 is 0 Å². The molecule has 1 aliphatic carbocycles. The number of amides is 2. The first-order valence-electron chi connectivity index (χ1n) is 9.95. The Kier molecular flexibility index (Phi) is 7.27. The van der Waals surface area contributed by atoms with Crippen LogP contribution in [0.25, 0.3) is 10.9 Å². The number of ether oxygens (including phenoxy) is 1. The summed E-state index contributed by atoms with van der Waals surface area (Å²) in [4.78, 5) is 16.4. The van der Waals surface area contributed by atoms with Gasteiger partial charge in [0.2, 0.25) is 0 Å². The van der Waals surface area contributed by atoms with Gasteiger partial charge in [-0.25, -0.2) is 9.78 Å². The lowest BCUT2D eigenvalue weighted by atomic mass is 9.88. The van der Waals surface area contributed by atoms with Crippen LogP contribution in [0.5, 0.6) is 0 Å². The van der Waals surface area contributed by atoms with E-state index in [-0.39, 0.29) is 6.03 Å². The van der Waals surface area contributed by atoms with E-state index in [0.717, 1.165) is 23.1 Å². The van der Waals surface area contributed by atoms with Crippen molar-refractivity contribution in [3.63, 3.8) is 0 Å². The summed E-state index contributed by atoms with van der Waals surface area (Å²) in [6.45, 7) is 4.51. The van der Waals surface area contributed by atoms with Crippen molar-refractivity contribution >= 4 is 22.8 Å². The number of carbonyl (C=O) groups excluding carboxylic acids is 1. The molecule has 2 aromatic rings. The summed E-state index contributed by atoms with van der Waals surface area (Å²) >= 11 is 0. The Bertz CT molecular complexity index is 737. The molecule has 2 amide bonds. The number of aromatic nitrogens is 1. The van der Waals surface area contributed by atoms with Crippen LogP contribution in [0.4, 0.5) is 10.6 Å². The van der Waals surface area contributed by atoms with Crippen molar-refractivity contribution < 1.29 is 9.53 Å². The van der Waals surface area contributed by atoms with E-state index in [1.807, 2.05) is 36.4 Å². The third-order valence-corrected chi connectivity index (χ3v) is 5.07. The van der Waals surface area contributed by atoms with Crippen molar-refractivity contribution in [2.45, 2.75) is 38.7 Å². The molecule has 1 aromatic carbocycles. The molecule has 2 unspecified atom stereocenters. The number of nitrogens with zero attached hydrogens (tertiary/aromatic N) is 1. The average molecular weight is 370 g/mol. The third kappa shape index (κ3) is 6.10. The molecule has 1 saturated carbocycles. The minimum Gasteiger partial charge on any atom is -0.376 e. The minimum absolute atomic E-state index is 0.163. The zero-order valence-corrected chi connectivity index (χ0v) is 16.0. The van der Waals surface area contributed by atoms with Gasteiger partial charge in [-0.1, -0.05) is 38.0 Å². The fourth-order valence-electron chi connectivity index (χ4n) is 3.50. The second-order valence-corrected chi connectivity index (χ2v) is 7.17. The molecular weight excluding hydrogens is 340 g/mol. The van der Waals surface area contributed by atoms with Crippen LogP contribution in [0, 0.1) is 5.92 Å². The van der Waals surface area contributed by atoms with E-state index in [9.17, 15) is 4.79 Å². The van der Waals surface area contributed by atoms with Gasteiger partial charge in [-0.05, 0) is 37.0 Å². The van der Waals surface area contributed by atoms with Crippen LogP contribution in [0.15, 0.2) is 36.4 Å². The van der Waals surface area contributed by atoms with Crippen LogP contribution in [0.1, 0.15) is 32.6 Å². The topological polar surface area (TPSA) is 75.3 Å². The van der Waals surface area contributed by atoms with Gasteiger partial charge in [0.15, 0.2) is 0 Å². The molecule has 0 saturated heterocycles. The quantitative estimate of drug-likeness (QED) is 0.621. The molecule has 1 fully saturated rings. The maximum Gasteiger partial charge on any atom is 0.314 e. The Morgan fingerprint density at radius 2 is 1.89 bits per heavy atom. The molecule has 6 nitrogen and oxygen atoms in total. The Labute approximate surface area is 161 Å². The number of hydrogen-bond acceptors (Lipinski definition) is 4. The van der Waals surface area contributed by atoms with Gasteiger partial charge in [0, 0.05) is 25.0 Å². The Morgan fingerprint density at radius 3 is 2.78 bits per heavy atom. The van der Waals surface area contributed by atoms with Crippen LogP contribution in [-0.4, -0.2) is 43.4 Å². The highest BCUT2D eigenvalue weighted by Crippen LogP contribution is 2.25. The van der Waals surface area contributed by atoms with E-state index in [0.29, 0.717) is 38.3 Å². The first kappa shape index (κ1) is 19.4. The SMILES string of the molecule is CC1CCCCC1OCCNC(=O)NCCNc1ccc2ccccc2n1. The minimum atomic E-state index is -0.163. The number of pyridine rings is 1. The van der Waals surface area contributed by atoms with E-state index in [1.165, 1.54) is 19.3 Å². The Morgan fingerprint density at radius 1 is 1.07 bits per heavy atom.